The lowest BCUT2D eigenvalue weighted by Crippen LogP contribution is -2.11. The molecular formula is C17H23N3. The van der Waals surface area contributed by atoms with Crippen LogP contribution in [0.2, 0.25) is 0 Å². The van der Waals surface area contributed by atoms with E-state index in [1.54, 1.807) is 0 Å². The molecule has 20 heavy (non-hydrogen) atoms. The Balaban J connectivity index is 2.41. The van der Waals surface area contributed by atoms with E-state index in [-0.39, 0.29) is 5.41 Å². The minimum absolute atomic E-state index is 0.138. The van der Waals surface area contributed by atoms with Crippen LogP contribution in [-0.2, 0) is 5.41 Å². The van der Waals surface area contributed by atoms with Crippen LogP contribution in [0.3, 0.4) is 0 Å². The second kappa shape index (κ2) is 5.61. The molecule has 0 saturated carbocycles. The zero-order valence-electron chi connectivity index (χ0n) is 13.0. The second-order valence-corrected chi connectivity index (χ2v) is 6.11. The Kier molecular flexibility index (Phi) is 4.07. The van der Waals surface area contributed by atoms with Crippen LogP contribution in [0.25, 0.3) is 11.3 Å². The average molecular weight is 269 g/mol. The maximum absolute atomic E-state index is 4.34. The highest BCUT2D eigenvalue weighted by Crippen LogP contribution is 2.29. The summed E-state index contributed by atoms with van der Waals surface area (Å²) < 4.78 is 0. The molecule has 0 saturated heterocycles. The number of hydrogen-bond donors (Lipinski definition) is 1. The molecule has 2 rings (SSSR count). The van der Waals surface area contributed by atoms with E-state index in [0.29, 0.717) is 0 Å². The van der Waals surface area contributed by atoms with Crippen molar-refractivity contribution in [2.24, 2.45) is 0 Å². The molecule has 0 bridgehead atoms. The van der Waals surface area contributed by atoms with E-state index < -0.39 is 0 Å². The van der Waals surface area contributed by atoms with Crippen molar-refractivity contribution in [1.82, 2.24) is 10.2 Å². The molecule has 3 nitrogen and oxygen atoms in total. The fourth-order valence-corrected chi connectivity index (χ4v) is 2.12. The first-order chi connectivity index (χ1) is 9.41. The summed E-state index contributed by atoms with van der Waals surface area (Å²) in [6, 6.07) is 10.6. The van der Waals surface area contributed by atoms with Crippen molar-refractivity contribution >= 4 is 5.82 Å². The van der Waals surface area contributed by atoms with Crippen molar-refractivity contribution in [3.63, 3.8) is 0 Å². The van der Waals surface area contributed by atoms with Gasteiger partial charge in [0.25, 0.3) is 0 Å². The van der Waals surface area contributed by atoms with Crippen LogP contribution in [0.15, 0.2) is 30.3 Å². The number of nitrogens with one attached hydrogen (secondary N) is 1. The van der Waals surface area contributed by atoms with Crippen molar-refractivity contribution in [2.75, 3.05) is 11.9 Å². The van der Waals surface area contributed by atoms with Gasteiger partial charge >= 0.3 is 0 Å². The largest absolute Gasteiger partial charge is 0.369 e. The normalized spacial score (nSPS) is 11.4. The van der Waals surface area contributed by atoms with Crippen molar-refractivity contribution < 1.29 is 0 Å². The Hall–Kier alpha value is -1.90. The van der Waals surface area contributed by atoms with Gasteiger partial charge < -0.3 is 5.32 Å². The molecule has 106 valence electrons. The standard InChI is InChI=1S/C17H23N3/c1-6-18-16-10-9-15(19-20-16)14-11-13(17(3,4)5)8-7-12(14)2/h7-11H,6H2,1-5H3,(H,18,20). The van der Waals surface area contributed by atoms with Crippen LogP contribution in [0.1, 0.15) is 38.8 Å². The topological polar surface area (TPSA) is 37.8 Å². The minimum atomic E-state index is 0.138. The summed E-state index contributed by atoms with van der Waals surface area (Å²) in [5.74, 6) is 0.820. The highest BCUT2D eigenvalue weighted by molar-refractivity contribution is 5.65. The zero-order valence-corrected chi connectivity index (χ0v) is 13.0. The summed E-state index contributed by atoms with van der Waals surface area (Å²) in [6.07, 6.45) is 0. The first-order valence-electron chi connectivity index (χ1n) is 7.11. The molecule has 0 aliphatic rings. The molecule has 0 unspecified atom stereocenters. The molecule has 1 heterocycles. The number of aryl methyl sites for hydroxylation is 1. The van der Waals surface area contributed by atoms with Crippen molar-refractivity contribution in [1.29, 1.82) is 0 Å². The van der Waals surface area contributed by atoms with Crippen molar-refractivity contribution in [3.05, 3.63) is 41.5 Å². The predicted molar refractivity (Wildman–Crippen MR) is 85.1 cm³/mol. The minimum Gasteiger partial charge on any atom is -0.369 e. The number of rotatable bonds is 3. The number of nitrogens with zero attached hydrogens (tertiary/aromatic N) is 2. The second-order valence-electron chi connectivity index (χ2n) is 6.11. The monoisotopic (exact) mass is 269 g/mol. The predicted octanol–water partition coefficient (Wildman–Crippen LogP) is 4.18. The summed E-state index contributed by atoms with van der Waals surface area (Å²) in [6.45, 7) is 11.7. The molecule has 3 heteroatoms. The lowest BCUT2D eigenvalue weighted by atomic mass is 9.85. The van der Waals surface area contributed by atoms with E-state index >= 15 is 0 Å². The molecule has 0 radical (unpaired) electrons. The van der Waals surface area contributed by atoms with Gasteiger partial charge in [-0.2, -0.15) is 0 Å². The average Bonchev–Trinajstić information content (AvgIpc) is 2.39. The summed E-state index contributed by atoms with van der Waals surface area (Å²) in [5, 5.41) is 11.7. The molecule has 0 spiro atoms. The van der Waals surface area contributed by atoms with Gasteiger partial charge in [0.1, 0.15) is 5.82 Å². The highest BCUT2D eigenvalue weighted by atomic mass is 15.2. The fraction of sp³-hybridized carbons (Fsp3) is 0.412. The summed E-state index contributed by atoms with van der Waals surface area (Å²) in [4.78, 5) is 0. The molecule has 0 aliphatic heterocycles. The number of benzene rings is 1. The van der Waals surface area contributed by atoms with E-state index in [1.807, 2.05) is 19.1 Å². The summed E-state index contributed by atoms with van der Waals surface area (Å²) in [7, 11) is 0. The number of hydrogen-bond acceptors (Lipinski definition) is 3. The summed E-state index contributed by atoms with van der Waals surface area (Å²) in [5.41, 5.74) is 4.77. The SMILES string of the molecule is CCNc1ccc(-c2cc(C(C)(C)C)ccc2C)nn1. The van der Waals surface area contributed by atoms with E-state index in [0.717, 1.165) is 23.6 Å². The molecular weight excluding hydrogens is 246 g/mol. The van der Waals surface area contributed by atoms with Gasteiger partial charge in [-0.25, -0.2) is 0 Å². The lowest BCUT2D eigenvalue weighted by molar-refractivity contribution is 0.590. The zero-order chi connectivity index (χ0) is 14.8. The van der Waals surface area contributed by atoms with Crippen LogP contribution in [-0.4, -0.2) is 16.7 Å². The van der Waals surface area contributed by atoms with Gasteiger partial charge in [0.15, 0.2) is 0 Å². The van der Waals surface area contributed by atoms with Crippen LogP contribution in [0.4, 0.5) is 5.82 Å². The lowest BCUT2D eigenvalue weighted by Gasteiger charge is -2.20. The smallest absolute Gasteiger partial charge is 0.148 e. The van der Waals surface area contributed by atoms with Gasteiger partial charge in [0, 0.05) is 12.1 Å². The van der Waals surface area contributed by atoms with Gasteiger partial charge in [-0.3, -0.25) is 0 Å². The third kappa shape index (κ3) is 3.16. The quantitative estimate of drug-likeness (QED) is 0.908. The van der Waals surface area contributed by atoms with Gasteiger partial charge in [-0.1, -0.05) is 32.9 Å². The molecule has 2 aromatic rings. The van der Waals surface area contributed by atoms with Gasteiger partial charge in [-0.15, -0.1) is 10.2 Å². The molecule has 0 fully saturated rings. The fourth-order valence-electron chi connectivity index (χ4n) is 2.12. The number of aromatic nitrogens is 2. The third-order valence-electron chi connectivity index (χ3n) is 3.40. The van der Waals surface area contributed by atoms with E-state index in [1.165, 1.54) is 11.1 Å². The van der Waals surface area contributed by atoms with E-state index in [4.69, 9.17) is 0 Å². The van der Waals surface area contributed by atoms with Crippen LogP contribution < -0.4 is 5.32 Å². The highest BCUT2D eigenvalue weighted by Gasteiger charge is 2.15. The summed E-state index contributed by atoms with van der Waals surface area (Å²) >= 11 is 0. The maximum atomic E-state index is 4.34. The first-order valence-corrected chi connectivity index (χ1v) is 7.11. The Morgan fingerprint density at radius 2 is 1.80 bits per heavy atom. The Morgan fingerprint density at radius 1 is 1.05 bits per heavy atom. The van der Waals surface area contributed by atoms with Crippen molar-refractivity contribution in [3.8, 4) is 11.3 Å². The van der Waals surface area contributed by atoms with Crippen LogP contribution in [0.5, 0.6) is 0 Å². The molecule has 1 aromatic heterocycles. The maximum Gasteiger partial charge on any atom is 0.148 e. The molecule has 0 atom stereocenters. The Morgan fingerprint density at radius 3 is 2.35 bits per heavy atom. The van der Waals surface area contributed by atoms with Gasteiger partial charge in [0.05, 0.1) is 5.69 Å². The Bertz CT molecular complexity index is 580. The Labute approximate surface area is 121 Å². The van der Waals surface area contributed by atoms with E-state index in [9.17, 15) is 0 Å². The molecule has 0 aliphatic carbocycles. The number of anilines is 1. The molecule has 0 amide bonds. The third-order valence-corrected chi connectivity index (χ3v) is 3.40. The molecule has 1 aromatic carbocycles. The first kappa shape index (κ1) is 14.5. The van der Waals surface area contributed by atoms with Crippen LogP contribution >= 0.6 is 0 Å². The van der Waals surface area contributed by atoms with Gasteiger partial charge in [0.2, 0.25) is 0 Å². The van der Waals surface area contributed by atoms with E-state index in [2.05, 4.69) is 61.4 Å². The molecule has 1 N–H and O–H groups in total. The van der Waals surface area contributed by atoms with Gasteiger partial charge in [-0.05, 0) is 48.6 Å². The van der Waals surface area contributed by atoms with Crippen LogP contribution in [0, 0.1) is 6.92 Å². The van der Waals surface area contributed by atoms with Crippen molar-refractivity contribution in [2.45, 2.75) is 40.0 Å².